The van der Waals surface area contributed by atoms with Gasteiger partial charge < -0.3 is 14.7 Å². The number of carbonyl (C=O) groups excluding carboxylic acids is 1. The summed E-state index contributed by atoms with van der Waals surface area (Å²) in [6.07, 6.45) is -1.53. The Labute approximate surface area is 106 Å². The van der Waals surface area contributed by atoms with Gasteiger partial charge >= 0.3 is 0 Å². The van der Waals surface area contributed by atoms with Crippen LogP contribution in [0.15, 0.2) is 18.2 Å². The highest BCUT2D eigenvalue weighted by atomic mass is 19.1. The highest BCUT2D eigenvalue weighted by Crippen LogP contribution is 2.27. The molecule has 0 spiro atoms. The van der Waals surface area contributed by atoms with Crippen LogP contribution in [0, 0.1) is 5.82 Å². The minimum absolute atomic E-state index is 0.188. The molecule has 1 aromatic carbocycles. The molecule has 0 fully saturated rings. The van der Waals surface area contributed by atoms with Crippen LogP contribution in [0.25, 0.3) is 0 Å². The van der Waals surface area contributed by atoms with Gasteiger partial charge in [0.1, 0.15) is 11.6 Å². The SMILES string of the molecule is CC(Oc1cc(F)ccc1[C@@H](C)O)C(=O)N(C)C. The summed E-state index contributed by atoms with van der Waals surface area (Å²) in [6, 6.07) is 3.86. The first kappa shape index (κ1) is 14.4. The van der Waals surface area contributed by atoms with Crippen LogP contribution >= 0.6 is 0 Å². The van der Waals surface area contributed by atoms with E-state index in [0.717, 1.165) is 0 Å². The molecule has 0 aliphatic carbocycles. The second-order valence-corrected chi connectivity index (χ2v) is 4.35. The van der Waals surface area contributed by atoms with E-state index >= 15 is 0 Å². The number of benzene rings is 1. The van der Waals surface area contributed by atoms with Crippen molar-refractivity contribution in [1.29, 1.82) is 0 Å². The molecule has 18 heavy (non-hydrogen) atoms. The third kappa shape index (κ3) is 3.43. The van der Waals surface area contributed by atoms with Crippen molar-refractivity contribution in [1.82, 2.24) is 4.90 Å². The Bertz CT molecular complexity index is 432. The van der Waals surface area contributed by atoms with Gasteiger partial charge in [0.15, 0.2) is 6.10 Å². The lowest BCUT2D eigenvalue weighted by Gasteiger charge is -2.20. The Hall–Kier alpha value is -1.62. The molecule has 1 aromatic rings. The third-order valence-corrected chi connectivity index (χ3v) is 2.52. The van der Waals surface area contributed by atoms with E-state index in [4.69, 9.17) is 4.74 Å². The molecule has 0 heterocycles. The van der Waals surface area contributed by atoms with Crippen molar-refractivity contribution in [3.63, 3.8) is 0 Å². The van der Waals surface area contributed by atoms with Crippen molar-refractivity contribution in [2.75, 3.05) is 14.1 Å². The molecule has 0 aliphatic rings. The number of rotatable bonds is 4. The number of hydrogen-bond donors (Lipinski definition) is 1. The van der Waals surface area contributed by atoms with Crippen LogP contribution < -0.4 is 4.74 Å². The molecule has 2 atom stereocenters. The van der Waals surface area contributed by atoms with E-state index in [2.05, 4.69) is 0 Å². The molecule has 0 bridgehead atoms. The standard InChI is InChI=1S/C13H18FNO3/c1-8(16)11-6-5-10(14)7-12(11)18-9(2)13(17)15(3)4/h5-9,16H,1-4H3/t8-,9?/m1/s1. The first-order valence-electron chi connectivity index (χ1n) is 5.68. The summed E-state index contributed by atoms with van der Waals surface area (Å²) in [5.41, 5.74) is 0.454. The summed E-state index contributed by atoms with van der Waals surface area (Å²) >= 11 is 0. The second kappa shape index (κ2) is 5.82. The van der Waals surface area contributed by atoms with Crippen LogP contribution in [0.5, 0.6) is 5.75 Å². The average molecular weight is 255 g/mol. The summed E-state index contributed by atoms with van der Waals surface area (Å²) in [7, 11) is 3.23. The number of aliphatic hydroxyl groups excluding tert-OH is 1. The average Bonchev–Trinajstić information content (AvgIpc) is 2.27. The normalized spacial score (nSPS) is 13.9. The number of carbonyl (C=O) groups is 1. The number of ether oxygens (including phenoxy) is 1. The molecule has 4 nitrogen and oxygen atoms in total. The van der Waals surface area contributed by atoms with Gasteiger partial charge in [0.25, 0.3) is 5.91 Å². The first-order chi connectivity index (χ1) is 8.32. The van der Waals surface area contributed by atoms with Crippen molar-refractivity contribution in [2.24, 2.45) is 0 Å². The van der Waals surface area contributed by atoms with Gasteiger partial charge in [-0.3, -0.25) is 4.79 Å². The van der Waals surface area contributed by atoms with Gasteiger partial charge in [-0.15, -0.1) is 0 Å². The van der Waals surface area contributed by atoms with Crippen LogP contribution in [-0.4, -0.2) is 36.1 Å². The highest BCUT2D eigenvalue weighted by Gasteiger charge is 2.19. The van der Waals surface area contributed by atoms with Gasteiger partial charge in [-0.05, 0) is 26.0 Å². The maximum Gasteiger partial charge on any atom is 0.262 e. The molecule has 1 unspecified atom stereocenters. The van der Waals surface area contributed by atoms with Crippen molar-refractivity contribution in [3.8, 4) is 5.75 Å². The molecule has 1 rings (SSSR count). The van der Waals surface area contributed by atoms with E-state index in [-0.39, 0.29) is 11.7 Å². The van der Waals surface area contributed by atoms with Crippen LogP contribution in [0.4, 0.5) is 4.39 Å². The van der Waals surface area contributed by atoms with Crippen LogP contribution in [0.1, 0.15) is 25.5 Å². The zero-order chi connectivity index (χ0) is 13.9. The van der Waals surface area contributed by atoms with Gasteiger partial charge in [0, 0.05) is 25.7 Å². The monoisotopic (exact) mass is 255 g/mol. The van der Waals surface area contributed by atoms with Crippen LogP contribution in [0.3, 0.4) is 0 Å². The Morgan fingerprint density at radius 1 is 1.39 bits per heavy atom. The van der Waals surface area contributed by atoms with Gasteiger partial charge in [-0.25, -0.2) is 4.39 Å². The molecule has 1 N–H and O–H groups in total. The Morgan fingerprint density at radius 3 is 2.50 bits per heavy atom. The summed E-state index contributed by atoms with van der Waals surface area (Å²) in [4.78, 5) is 13.1. The summed E-state index contributed by atoms with van der Waals surface area (Å²) < 4.78 is 18.6. The molecule has 0 aromatic heterocycles. The van der Waals surface area contributed by atoms with Crippen molar-refractivity contribution in [2.45, 2.75) is 26.1 Å². The Kier molecular flexibility index (Phi) is 4.67. The highest BCUT2D eigenvalue weighted by molar-refractivity contribution is 5.80. The molecule has 0 saturated heterocycles. The number of nitrogens with zero attached hydrogens (tertiary/aromatic N) is 1. The summed E-state index contributed by atoms with van der Waals surface area (Å²) in [6.45, 7) is 3.14. The van der Waals surface area contributed by atoms with Gasteiger partial charge in [-0.1, -0.05) is 0 Å². The fraction of sp³-hybridized carbons (Fsp3) is 0.462. The third-order valence-electron chi connectivity index (χ3n) is 2.52. The zero-order valence-electron chi connectivity index (χ0n) is 11.0. The van der Waals surface area contributed by atoms with Crippen molar-refractivity contribution < 1.29 is 19.0 Å². The van der Waals surface area contributed by atoms with E-state index in [1.807, 2.05) is 0 Å². The quantitative estimate of drug-likeness (QED) is 0.891. The molecule has 5 heteroatoms. The van der Waals surface area contributed by atoms with E-state index < -0.39 is 18.0 Å². The van der Waals surface area contributed by atoms with Gasteiger partial charge in [0.05, 0.1) is 6.10 Å². The smallest absolute Gasteiger partial charge is 0.262 e. The number of halogens is 1. The lowest BCUT2D eigenvalue weighted by Crippen LogP contribution is -2.35. The molecule has 0 radical (unpaired) electrons. The van der Waals surface area contributed by atoms with E-state index in [0.29, 0.717) is 5.56 Å². The second-order valence-electron chi connectivity index (χ2n) is 4.35. The lowest BCUT2D eigenvalue weighted by molar-refractivity contribution is -0.135. The van der Waals surface area contributed by atoms with Gasteiger partial charge in [-0.2, -0.15) is 0 Å². The number of aliphatic hydroxyl groups is 1. The Morgan fingerprint density at radius 2 is 2.00 bits per heavy atom. The maximum absolute atomic E-state index is 13.2. The first-order valence-corrected chi connectivity index (χ1v) is 5.68. The summed E-state index contributed by atoms with van der Waals surface area (Å²) in [5.74, 6) is -0.512. The van der Waals surface area contributed by atoms with Crippen LogP contribution in [0.2, 0.25) is 0 Å². The number of hydrogen-bond acceptors (Lipinski definition) is 3. The van der Waals surface area contributed by atoms with Crippen molar-refractivity contribution >= 4 is 5.91 Å². The largest absolute Gasteiger partial charge is 0.480 e. The molecule has 100 valence electrons. The molecule has 0 aliphatic heterocycles. The minimum atomic E-state index is -0.790. The fourth-order valence-electron chi connectivity index (χ4n) is 1.56. The van der Waals surface area contributed by atoms with Gasteiger partial charge in [0.2, 0.25) is 0 Å². The van der Waals surface area contributed by atoms with Crippen LogP contribution in [-0.2, 0) is 4.79 Å². The van der Waals surface area contributed by atoms with E-state index in [9.17, 15) is 14.3 Å². The molecular weight excluding hydrogens is 237 g/mol. The predicted molar refractivity (Wildman–Crippen MR) is 65.8 cm³/mol. The molecule has 1 amide bonds. The van der Waals surface area contributed by atoms with Crippen molar-refractivity contribution in [3.05, 3.63) is 29.6 Å². The topological polar surface area (TPSA) is 49.8 Å². The van der Waals surface area contributed by atoms with E-state index in [1.54, 1.807) is 27.9 Å². The maximum atomic E-state index is 13.2. The fourth-order valence-corrected chi connectivity index (χ4v) is 1.56. The lowest BCUT2D eigenvalue weighted by atomic mass is 10.1. The van der Waals surface area contributed by atoms with E-state index in [1.165, 1.54) is 23.1 Å². The molecular formula is C13H18FNO3. The Balaban J connectivity index is 2.96. The predicted octanol–water partition coefficient (Wildman–Crippen LogP) is 1.73. The minimum Gasteiger partial charge on any atom is -0.480 e. The zero-order valence-corrected chi connectivity index (χ0v) is 11.0. The molecule has 0 saturated carbocycles. The number of amides is 1. The summed E-state index contributed by atoms with van der Waals surface area (Å²) in [5, 5.41) is 9.56. The number of likely N-dealkylation sites (N-methyl/N-ethyl adjacent to an activating group) is 1.